The first-order chi connectivity index (χ1) is 15.2. The summed E-state index contributed by atoms with van der Waals surface area (Å²) in [7, 11) is -0.492. The average molecular weight is 451 g/mol. The van der Waals surface area contributed by atoms with Gasteiger partial charge in [0, 0.05) is 43.7 Å². The van der Waals surface area contributed by atoms with E-state index in [1.807, 2.05) is 54.9 Å². The summed E-state index contributed by atoms with van der Waals surface area (Å²) in [6.45, 7) is 4.43. The summed E-state index contributed by atoms with van der Waals surface area (Å²) in [6.07, 6.45) is 3.99. The van der Waals surface area contributed by atoms with Crippen molar-refractivity contribution in [2.75, 3.05) is 25.5 Å². The van der Waals surface area contributed by atoms with Crippen molar-refractivity contribution < 1.29 is 13.2 Å². The summed E-state index contributed by atoms with van der Waals surface area (Å²) in [6, 6.07) is 14.8. The molecule has 1 aromatic heterocycles. The fourth-order valence-electron chi connectivity index (χ4n) is 3.94. The molecule has 7 nitrogen and oxygen atoms in total. The van der Waals surface area contributed by atoms with E-state index in [2.05, 4.69) is 5.10 Å². The first kappa shape index (κ1) is 22.0. The van der Waals surface area contributed by atoms with E-state index in [9.17, 15) is 13.2 Å². The molecule has 8 heteroatoms. The number of nitrogens with zero attached hydrogens (tertiary/aromatic N) is 4. The molecule has 0 spiro atoms. The number of hydrogen-bond acceptors (Lipinski definition) is 4. The highest BCUT2D eigenvalue weighted by molar-refractivity contribution is 7.89. The highest BCUT2D eigenvalue weighted by atomic mass is 32.2. The third-order valence-electron chi connectivity index (χ3n) is 5.73. The molecule has 0 fully saturated rings. The SMILES string of the molecule is Cc1nn(-c2ccccc2)c(C)c1/C=C/C(=O)N1CCc2cc(S(=O)(=O)N(C)C)ccc21. The van der Waals surface area contributed by atoms with Crippen molar-refractivity contribution in [1.82, 2.24) is 14.1 Å². The number of carbonyl (C=O) groups is 1. The molecule has 1 aliphatic rings. The summed E-state index contributed by atoms with van der Waals surface area (Å²) in [5.74, 6) is -0.141. The minimum absolute atomic E-state index is 0.141. The van der Waals surface area contributed by atoms with E-state index >= 15 is 0 Å². The zero-order chi connectivity index (χ0) is 23.0. The molecule has 32 heavy (non-hydrogen) atoms. The van der Waals surface area contributed by atoms with E-state index in [4.69, 9.17) is 0 Å². The molecule has 0 unspecified atom stereocenters. The van der Waals surface area contributed by atoms with Crippen LogP contribution in [0.5, 0.6) is 0 Å². The fourth-order valence-corrected chi connectivity index (χ4v) is 4.89. The molecule has 0 radical (unpaired) electrons. The minimum atomic E-state index is -3.51. The molecule has 0 saturated carbocycles. The number of rotatable bonds is 5. The Bertz CT molecular complexity index is 1310. The largest absolute Gasteiger partial charge is 0.308 e. The molecule has 0 bridgehead atoms. The Labute approximate surface area is 188 Å². The van der Waals surface area contributed by atoms with Gasteiger partial charge in [0.05, 0.1) is 16.3 Å². The van der Waals surface area contributed by atoms with Gasteiger partial charge in [0.1, 0.15) is 0 Å². The van der Waals surface area contributed by atoms with Crippen LogP contribution in [0.25, 0.3) is 11.8 Å². The minimum Gasteiger partial charge on any atom is -0.308 e. The smallest absolute Gasteiger partial charge is 0.251 e. The van der Waals surface area contributed by atoms with Crippen LogP contribution in [-0.2, 0) is 21.2 Å². The standard InChI is InChI=1S/C24H26N4O3S/c1-17-22(18(2)28(25-17)20-8-6-5-7-9-20)11-13-24(29)27-15-14-19-16-21(10-12-23(19)27)32(30,31)26(3)4/h5-13,16H,14-15H2,1-4H3/b13-11+. The number of fused-ring (bicyclic) bond motifs is 1. The number of aryl methyl sites for hydroxylation is 1. The number of sulfonamides is 1. The second-order valence-electron chi connectivity index (χ2n) is 7.98. The van der Waals surface area contributed by atoms with Crippen LogP contribution in [-0.4, -0.2) is 49.1 Å². The van der Waals surface area contributed by atoms with E-state index in [-0.39, 0.29) is 10.8 Å². The lowest BCUT2D eigenvalue weighted by Gasteiger charge is -2.16. The van der Waals surface area contributed by atoms with E-state index in [0.717, 1.165) is 33.9 Å². The van der Waals surface area contributed by atoms with Crippen LogP contribution in [0.2, 0.25) is 0 Å². The van der Waals surface area contributed by atoms with Crippen molar-refractivity contribution >= 4 is 27.7 Å². The summed E-state index contributed by atoms with van der Waals surface area (Å²) >= 11 is 0. The maximum Gasteiger partial charge on any atom is 0.251 e. The van der Waals surface area contributed by atoms with Gasteiger partial charge in [-0.15, -0.1) is 0 Å². The van der Waals surface area contributed by atoms with E-state index in [1.54, 1.807) is 29.2 Å². The van der Waals surface area contributed by atoms with Crippen LogP contribution in [0.3, 0.4) is 0 Å². The Kier molecular flexibility index (Phi) is 5.75. The van der Waals surface area contributed by atoms with Crippen molar-refractivity contribution in [2.24, 2.45) is 0 Å². The number of para-hydroxylation sites is 1. The molecular formula is C24H26N4O3S. The van der Waals surface area contributed by atoms with E-state index in [0.29, 0.717) is 13.0 Å². The Morgan fingerprint density at radius 2 is 1.81 bits per heavy atom. The molecule has 166 valence electrons. The third kappa shape index (κ3) is 3.87. The normalized spacial score (nSPS) is 13.8. The second kappa shape index (κ2) is 8.37. The molecule has 4 rings (SSSR count). The van der Waals surface area contributed by atoms with Crippen molar-refractivity contribution in [3.63, 3.8) is 0 Å². The van der Waals surface area contributed by atoms with Gasteiger partial charge in [-0.1, -0.05) is 18.2 Å². The molecule has 0 N–H and O–H groups in total. The van der Waals surface area contributed by atoms with Crippen LogP contribution in [0.15, 0.2) is 59.5 Å². The molecule has 0 atom stereocenters. The Morgan fingerprint density at radius 1 is 1.09 bits per heavy atom. The highest BCUT2D eigenvalue weighted by Gasteiger charge is 2.26. The average Bonchev–Trinajstić information content (AvgIpc) is 3.32. The van der Waals surface area contributed by atoms with Gasteiger partial charge in [0.15, 0.2) is 0 Å². The fraction of sp³-hybridized carbons (Fsp3) is 0.250. The van der Waals surface area contributed by atoms with Gasteiger partial charge in [0.25, 0.3) is 5.91 Å². The van der Waals surface area contributed by atoms with Crippen molar-refractivity contribution in [3.8, 4) is 5.69 Å². The molecule has 1 aliphatic heterocycles. The predicted octanol–water partition coefficient (Wildman–Crippen LogP) is 3.34. The number of carbonyl (C=O) groups excluding carboxylic acids is 1. The number of anilines is 1. The number of aromatic nitrogens is 2. The third-order valence-corrected chi connectivity index (χ3v) is 7.54. The van der Waals surface area contributed by atoms with Crippen LogP contribution in [0.4, 0.5) is 5.69 Å². The topological polar surface area (TPSA) is 75.5 Å². The quantitative estimate of drug-likeness (QED) is 0.559. The van der Waals surface area contributed by atoms with Crippen LogP contribution < -0.4 is 4.90 Å². The summed E-state index contributed by atoms with van der Waals surface area (Å²) in [4.78, 5) is 14.9. The van der Waals surface area contributed by atoms with Gasteiger partial charge in [-0.05, 0) is 62.2 Å². The zero-order valence-corrected chi connectivity index (χ0v) is 19.4. The molecule has 1 amide bonds. The first-order valence-electron chi connectivity index (χ1n) is 10.4. The van der Waals surface area contributed by atoms with Gasteiger partial charge < -0.3 is 4.90 Å². The van der Waals surface area contributed by atoms with Crippen LogP contribution in [0.1, 0.15) is 22.5 Å². The van der Waals surface area contributed by atoms with Crippen LogP contribution >= 0.6 is 0 Å². The van der Waals surface area contributed by atoms with Crippen molar-refractivity contribution in [3.05, 3.63) is 77.1 Å². The molecule has 2 heterocycles. The first-order valence-corrected chi connectivity index (χ1v) is 11.8. The van der Waals surface area contributed by atoms with Crippen LogP contribution in [0, 0.1) is 13.8 Å². The Hall–Kier alpha value is -3.23. The van der Waals surface area contributed by atoms with Gasteiger partial charge in [-0.25, -0.2) is 17.4 Å². The Morgan fingerprint density at radius 3 is 2.50 bits per heavy atom. The highest BCUT2D eigenvalue weighted by Crippen LogP contribution is 2.31. The number of amides is 1. The maximum absolute atomic E-state index is 13.0. The molecular weight excluding hydrogens is 424 g/mol. The van der Waals surface area contributed by atoms with Gasteiger partial charge >= 0.3 is 0 Å². The molecule has 0 aliphatic carbocycles. The number of hydrogen-bond donors (Lipinski definition) is 0. The summed E-state index contributed by atoms with van der Waals surface area (Å²) < 4.78 is 27.9. The second-order valence-corrected chi connectivity index (χ2v) is 10.1. The van der Waals surface area contributed by atoms with Gasteiger partial charge in [-0.2, -0.15) is 5.10 Å². The lowest BCUT2D eigenvalue weighted by Crippen LogP contribution is -2.27. The molecule has 3 aromatic rings. The monoisotopic (exact) mass is 450 g/mol. The predicted molar refractivity (Wildman–Crippen MR) is 125 cm³/mol. The Balaban J connectivity index is 1.58. The lowest BCUT2D eigenvalue weighted by atomic mass is 10.1. The lowest BCUT2D eigenvalue weighted by molar-refractivity contribution is -0.114. The number of benzene rings is 2. The van der Waals surface area contributed by atoms with Crippen molar-refractivity contribution in [2.45, 2.75) is 25.2 Å². The van der Waals surface area contributed by atoms with Crippen molar-refractivity contribution in [1.29, 1.82) is 0 Å². The van der Waals surface area contributed by atoms with E-state index < -0.39 is 10.0 Å². The van der Waals surface area contributed by atoms with Gasteiger partial charge in [-0.3, -0.25) is 4.79 Å². The summed E-state index contributed by atoms with van der Waals surface area (Å²) in [5, 5.41) is 4.62. The molecule has 2 aromatic carbocycles. The van der Waals surface area contributed by atoms with E-state index in [1.165, 1.54) is 18.4 Å². The maximum atomic E-state index is 13.0. The summed E-state index contributed by atoms with van der Waals surface area (Å²) in [5.41, 5.74) is 5.30. The van der Waals surface area contributed by atoms with Gasteiger partial charge in [0.2, 0.25) is 10.0 Å². The molecule has 0 saturated heterocycles. The zero-order valence-electron chi connectivity index (χ0n) is 18.6.